The van der Waals surface area contributed by atoms with Crippen LogP contribution in [0.2, 0.25) is 0 Å². The normalized spacial score (nSPS) is 30.7. The Hall–Kier alpha value is -5.36. The van der Waals surface area contributed by atoms with E-state index in [1.807, 2.05) is 11.9 Å². The zero-order chi connectivity index (χ0) is 47.8. The maximum Gasteiger partial charge on any atom is 0.320 e. The van der Waals surface area contributed by atoms with Gasteiger partial charge in [0.15, 0.2) is 5.92 Å². The number of piperidine rings is 1. The number of aliphatic imine (C=N–C) groups is 1. The van der Waals surface area contributed by atoms with Crippen LogP contribution in [0.3, 0.4) is 0 Å². The third-order valence-electron chi connectivity index (χ3n) is 13.4. The second-order valence-corrected chi connectivity index (χ2v) is 19.4. The van der Waals surface area contributed by atoms with Crippen LogP contribution in [-0.4, -0.2) is 136 Å². The fraction of sp³-hybridized carbons (Fsp3) is 0.592. The molecule has 6 aliphatic heterocycles. The minimum absolute atomic E-state index is 0.0165. The van der Waals surface area contributed by atoms with Crippen LogP contribution in [0, 0.1) is 24.7 Å². The molecule has 5 bridgehead atoms. The number of aliphatic hydroxyl groups is 2. The second kappa shape index (κ2) is 19.5. The van der Waals surface area contributed by atoms with E-state index in [-0.39, 0.29) is 82.5 Å². The minimum atomic E-state index is -1.94. The molecule has 17 nitrogen and oxygen atoms in total. The Labute approximate surface area is 385 Å². The average molecular weight is 916 g/mol. The van der Waals surface area contributed by atoms with E-state index in [2.05, 4.69) is 29.4 Å². The Bertz CT molecular complexity index is 2290. The van der Waals surface area contributed by atoms with Crippen LogP contribution in [0.5, 0.6) is 11.5 Å². The molecule has 1 aromatic carbocycles. The van der Waals surface area contributed by atoms with Gasteiger partial charge in [0.05, 0.1) is 41.0 Å². The van der Waals surface area contributed by atoms with Crippen molar-refractivity contribution in [3.05, 3.63) is 69.8 Å². The first-order chi connectivity index (χ1) is 31.2. The largest absolute Gasteiger partial charge is 0.507 e. The summed E-state index contributed by atoms with van der Waals surface area (Å²) in [6.45, 7) is 15.7. The summed E-state index contributed by atoms with van der Waals surface area (Å²) >= 11 is 0. The molecule has 2 fully saturated rings. The van der Waals surface area contributed by atoms with Crippen molar-refractivity contribution < 1.29 is 58.2 Å². The number of ketones is 2. The van der Waals surface area contributed by atoms with E-state index < -0.39 is 76.8 Å². The van der Waals surface area contributed by atoms with Gasteiger partial charge in [-0.25, -0.2) is 0 Å². The number of aromatic hydroxyl groups is 1. The predicted octanol–water partition coefficient (Wildman–Crippen LogP) is 4.12. The number of allylic oxidation sites excluding steroid dienone is 5. The summed E-state index contributed by atoms with van der Waals surface area (Å²) in [5.41, 5.74) is -0.228. The number of carbonyl (C=O) groups is 5. The molecule has 1 aromatic rings. The Balaban J connectivity index is 1.21. The number of nitrogens with one attached hydrogen (secondary N) is 2. The lowest BCUT2D eigenvalue weighted by atomic mass is 9.82. The first kappa shape index (κ1) is 48.6. The number of Topliss-reactive ketones (excluding diaryl/α,β-unsaturated/α-hetero) is 2. The smallest absolute Gasteiger partial charge is 0.320 e. The maximum atomic E-state index is 14.7. The number of hydrogen-bond acceptors (Lipinski definition) is 16. The molecule has 0 saturated carbocycles. The highest BCUT2D eigenvalue weighted by molar-refractivity contribution is 6.34. The quantitative estimate of drug-likeness (QED) is 0.200. The second-order valence-electron chi connectivity index (χ2n) is 19.4. The molecule has 1 aliphatic carbocycles. The number of amides is 1. The Kier molecular flexibility index (Phi) is 14.3. The number of benzene rings is 1. The lowest BCUT2D eigenvalue weighted by Crippen LogP contribution is -2.50. The van der Waals surface area contributed by atoms with Gasteiger partial charge in [-0.15, -0.1) is 0 Å². The molecule has 358 valence electrons. The first-order valence-electron chi connectivity index (χ1n) is 23.2. The van der Waals surface area contributed by atoms with Gasteiger partial charge >= 0.3 is 17.7 Å². The van der Waals surface area contributed by atoms with Gasteiger partial charge in [-0.3, -0.25) is 29.0 Å². The molecule has 66 heavy (non-hydrogen) atoms. The molecule has 0 aromatic heterocycles. The molecule has 7 atom stereocenters. The predicted molar refractivity (Wildman–Crippen MR) is 242 cm³/mol. The summed E-state index contributed by atoms with van der Waals surface area (Å²) in [5, 5.41) is 40.3. The molecule has 8 rings (SSSR count). The Morgan fingerprint density at radius 2 is 1.67 bits per heavy atom. The van der Waals surface area contributed by atoms with Crippen LogP contribution in [0.25, 0.3) is 0 Å². The number of phenols is 1. The van der Waals surface area contributed by atoms with Crippen molar-refractivity contribution in [1.82, 2.24) is 20.4 Å². The average Bonchev–Trinajstić information content (AvgIpc) is 3.93. The molecule has 2 saturated heterocycles. The number of hydrogen-bond donors (Lipinski definition) is 5. The van der Waals surface area contributed by atoms with Crippen molar-refractivity contribution >= 4 is 35.1 Å². The minimum Gasteiger partial charge on any atom is -0.507 e. The standard InChI is InChI=1S/C49H65N5O12/c1-26(2)24-54-19-16-49(17-20-54)51-38-35-36-41(57)29(5)43-37(35)44(59)48(7,66-43)63-21-10-9-14-32(64-46(61)30(6)47(62)65-33-15-18-53(8)25-33)22-31(55)23-34(56)27(3)12-11-13-28(4)45(60)50-40(42(36)58)39(38)52-49/h10-13,21,26-27,30-34,52,55-57H,9,14-20,22-25H2,1-8H3,(H,50,60)/b12-11+,21-10+,28-13-/t27?,30?,31?,32-,33?,34-,48?/m1/s1. The van der Waals surface area contributed by atoms with E-state index in [4.69, 9.17) is 23.9 Å². The lowest BCUT2D eigenvalue weighted by molar-refractivity contribution is -0.167. The number of ether oxygens (including phenoxy) is 4. The van der Waals surface area contributed by atoms with Crippen LogP contribution in [0.4, 0.5) is 0 Å². The van der Waals surface area contributed by atoms with Crippen LogP contribution < -0.4 is 15.4 Å². The van der Waals surface area contributed by atoms with Crippen molar-refractivity contribution in [2.45, 2.75) is 129 Å². The number of likely N-dealkylation sites (tertiary alicyclic amines) is 2. The van der Waals surface area contributed by atoms with Crippen molar-refractivity contribution in [3.8, 4) is 11.5 Å². The summed E-state index contributed by atoms with van der Waals surface area (Å²) in [6, 6.07) is 0. The number of esters is 2. The summed E-state index contributed by atoms with van der Waals surface area (Å²) in [4.78, 5) is 79.1. The SMILES string of the molecule is C/C1=C/C=C/C(C)[C@H](O)CC(O)C[C@H](OC(=O)C(C)C(=O)OC2CCN(C)C2)CC/C=C/OC2(C)Oc3c(C)c(O)c4c(c3C2=O)C2=NC3(CCN(CC(C)C)CC3)NC2=C(NC1=O)C4=O. The van der Waals surface area contributed by atoms with Gasteiger partial charge in [-0.2, -0.15) is 0 Å². The number of fused-ring (bicyclic) bond motifs is 13. The number of nitrogens with zero attached hydrogens (tertiary/aromatic N) is 3. The maximum absolute atomic E-state index is 14.7. The molecule has 17 heteroatoms. The Morgan fingerprint density at radius 1 is 0.970 bits per heavy atom. The highest BCUT2D eigenvalue weighted by atomic mass is 16.7. The van der Waals surface area contributed by atoms with Crippen LogP contribution in [0.1, 0.15) is 118 Å². The van der Waals surface area contributed by atoms with Gasteiger partial charge in [0.25, 0.3) is 11.7 Å². The highest BCUT2D eigenvalue weighted by Gasteiger charge is 2.54. The van der Waals surface area contributed by atoms with Crippen molar-refractivity contribution in [2.24, 2.45) is 22.7 Å². The Morgan fingerprint density at radius 3 is 2.33 bits per heavy atom. The van der Waals surface area contributed by atoms with Gasteiger partial charge in [-0.1, -0.05) is 39.0 Å². The summed E-state index contributed by atoms with van der Waals surface area (Å²) in [7, 11) is 1.92. The fourth-order valence-electron chi connectivity index (χ4n) is 9.41. The molecule has 7 aliphatic rings. The number of likely N-dealkylation sites (N-methyl/N-ethyl adjacent to an activating group) is 1. The van der Waals surface area contributed by atoms with Crippen LogP contribution in [-0.2, 0) is 28.6 Å². The summed E-state index contributed by atoms with van der Waals surface area (Å²) < 4.78 is 23.7. The number of carbonyl (C=O) groups excluding carboxylic acids is 5. The molecule has 1 amide bonds. The zero-order valence-corrected chi connectivity index (χ0v) is 39.3. The van der Waals surface area contributed by atoms with Crippen molar-refractivity contribution in [2.75, 3.05) is 39.8 Å². The monoisotopic (exact) mass is 915 g/mol. The van der Waals surface area contributed by atoms with E-state index in [0.717, 1.165) is 13.1 Å². The molecule has 5 unspecified atom stereocenters. The number of aliphatic hydroxyl groups excluding tert-OH is 2. The van der Waals surface area contributed by atoms with E-state index in [9.17, 15) is 39.3 Å². The fourth-order valence-corrected chi connectivity index (χ4v) is 9.41. The molecule has 5 N–H and O–H groups in total. The van der Waals surface area contributed by atoms with Gasteiger partial charge < -0.3 is 54.7 Å². The zero-order valence-electron chi connectivity index (χ0n) is 39.3. The van der Waals surface area contributed by atoms with Crippen LogP contribution >= 0.6 is 0 Å². The first-order valence-corrected chi connectivity index (χ1v) is 23.2. The molecular formula is C49H65N5O12. The van der Waals surface area contributed by atoms with E-state index in [1.54, 1.807) is 32.1 Å². The van der Waals surface area contributed by atoms with Gasteiger partial charge in [0.1, 0.15) is 35.1 Å². The number of rotatable bonds is 6. The van der Waals surface area contributed by atoms with Crippen LogP contribution in [0.15, 0.2) is 52.5 Å². The molecular weight excluding hydrogens is 851 g/mol. The molecule has 1 spiro atoms. The third-order valence-corrected chi connectivity index (χ3v) is 13.4. The molecule has 6 heterocycles. The van der Waals surface area contributed by atoms with Gasteiger partial charge in [-0.05, 0) is 65.5 Å². The third kappa shape index (κ3) is 9.99. The summed E-state index contributed by atoms with van der Waals surface area (Å²) in [5.74, 6) is -7.04. The van der Waals surface area contributed by atoms with E-state index in [0.29, 0.717) is 44.8 Å². The van der Waals surface area contributed by atoms with Crippen molar-refractivity contribution in [1.29, 1.82) is 0 Å². The van der Waals surface area contributed by atoms with E-state index in [1.165, 1.54) is 33.1 Å². The number of phenolic OH excluding ortho intramolecular Hbond substituents is 1. The lowest BCUT2D eigenvalue weighted by Gasteiger charge is -2.38. The highest BCUT2D eigenvalue weighted by Crippen LogP contribution is 2.50. The van der Waals surface area contributed by atoms with Crippen molar-refractivity contribution in [3.63, 3.8) is 0 Å². The van der Waals surface area contributed by atoms with E-state index >= 15 is 0 Å². The molecule has 0 radical (unpaired) electrons. The topological polar surface area (TPSA) is 226 Å². The van der Waals surface area contributed by atoms with Gasteiger partial charge in [0, 0.05) is 81.5 Å². The summed E-state index contributed by atoms with van der Waals surface area (Å²) in [6.07, 6.45) is 6.41. The van der Waals surface area contributed by atoms with Gasteiger partial charge in [0.2, 0.25) is 5.78 Å².